The minimum Gasteiger partial charge on any atom is -0.399 e. The second-order valence-corrected chi connectivity index (χ2v) is 4.55. The van der Waals surface area contributed by atoms with Crippen LogP contribution in [0.3, 0.4) is 0 Å². The molecule has 0 fully saturated rings. The summed E-state index contributed by atoms with van der Waals surface area (Å²) in [5.41, 5.74) is 6.94. The molecule has 0 aliphatic heterocycles. The lowest BCUT2D eigenvalue weighted by Gasteiger charge is -2.18. The first-order valence-corrected chi connectivity index (χ1v) is 5.82. The van der Waals surface area contributed by atoms with Crippen LogP contribution in [-0.2, 0) is 11.3 Å². The number of rotatable bonds is 6. The molecule has 0 amide bonds. The van der Waals surface area contributed by atoms with E-state index in [1.165, 1.54) is 12.1 Å². The standard InChI is InChI=1S/C13H21FN2O/c1-10(2)17-5-4-16(3)9-11-6-12(14)8-13(15)7-11/h6-8,10H,4-5,9,15H2,1-3H3. The molecule has 0 saturated carbocycles. The second-order valence-electron chi connectivity index (χ2n) is 4.55. The first kappa shape index (κ1) is 13.9. The third-order valence-corrected chi connectivity index (χ3v) is 2.36. The third kappa shape index (κ3) is 5.65. The number of nitrogens with two attached hydrogens (primary N) is 1. The molecular formula is C13H21FN2O. The van der Waals surface area contributed by atoms with Crippen LogP contribution in [0.4, 0.5) is 10.1 Å². The highest BCUT2D eigenvalue weighted by Crippen LogP contribution is 2.12. The van der Waals surface area contributed by atoms with E-state index in [1.54, 1.807) is 6.07 Å². The average molecular weight is 240 g/mol. The van der Waals surface area contributed by atoms with Gasteiger partial charge in [-0.05, 0) is 44.7 Å². The van der Waals surface area contributed by atoms with Gasteiger partial charge in [-0.1, -0.05) is 0 Å². The van der Waals surface area contributed by atoms with Crippen molar-refractivity contribution in [1.29, 1.82) is 0 Å². The molecule has 0 aliphatic carbocycles. The van der Waals surface area contributed by atoms with Crippen LogP contribution in [0.25, 0.3) is 0 Å². The molecule has 0 spiro atoms. The summed E-state index contributed by atoms with van der Waals surface area (Å²) in [6, 6.07) is 4.63. The van der Waals surface area contributed by atoms with Crippen molar-refractivity contribution in [3.8, 4) is 0 Å². The molecule has 0 atom stereocenters. The van der Waals surface area contributed by atoms with Gasteiger partial charge in [-0.15, -0.1) is 0 Å². The molecule has 1 rings (SSSR count). The molecule has 2 N–H and O–H groups in total. The Balaban J connectivity index is 2.42. The molecule has 0 unspecified atom stereocenters. The number of hydrogen-bond acceptors (Lipinski definition) is 3. The van der Waals surface area contributed by atoms with E-state index < -0.39 is 0 Å². The molecule has 1 aromatic carbocycles. The van der Waals surface area contributed by atoms with E-state index in [0.717, 1.165) is 12.1 Å². The molecular weight excluding hydrogens is 219 g/mol. The maximum absolute atomic E-state index is 13.1. The summed E-state index contributed by atoms with van der Waals surface area (Å²) < 4.78 is 18.6. The molecule has 96 valence electrons. The Morgan fingerprint density at radius 3 is 2.65 bits per heavy atom. The van der Waals surface area contributed by atoms with Gasteiger partial charge in [-0.2, -0.15) is 0 Å². The summed E-state index contributed by atoms with van der Waals surface area (Å²) in [5.74, 6) is -0.285. The van der Waals surface area contributed by atoms with E-state index in [0.29, 0.717) is 18.8 Å². The van der Waals surface area contributed by atoms with E-state index in [2.05, 4.69) is 4.90 Å². The van der Waals surface area contributed by atoms with Crippen molar-refractivity contribution in [2.45, 2.75) is 26.5 Å². The molecule has 0 heterocycles. The van der Waals surface area contributed by atoms with Gasteiger partial charge in [0.2, 0.25) is 0 Å². The number of hydrogen-bond donors (Lipinski definition) is 1. The van der Waals surface area contributed by atoms with Crippen molar-refractivity contribution in [2.75, 3.05) is 25.9 Å². The molecule has 0 saturated heterocycles. The van der Waals surface area contributed by atoms with Crippen molar-refractivity contribution in [1.82, 2.24) is 4.90 Å². The molecule has 17 heavy (non-hydrogen) atoms. The van der Waals surface area contributed by atoms with Gasteiger partial charge in [-0.25, -0.2) is 4.39 Å². The van der Waals surface area contributed by atoms with Gasteiger partial charge < -0.3 is 10.5 Å². The zero-order valence-electron chi connectivity index (χ0n) is 10.7. The predicted molar refractivity (Wildman–Crippen MR) is 68.2 cm³/mol. The smallest absolute Gasteiger partial charge is 0.125 e. The summed E-state index contributed by atoms with van der Waals surface area (Å²) in [6.45, 7) is 6.18. The minimum atomic E-state index is -0.285. The number of ether oxygens (including phenoxy) is 1. The van der Waals surface area contributed by atoms with E-state index in [9.17, 15) is 4.39 Å². The Morgan fingerprint density at radius 2 is 2.06 bits per heavy atom. The number of anilines is 1. The van der Waals surface area contributed by atoms with E-state index in [-0.39, 0.29) is 11.9 Å². The summed E-state index contributed by atoms with van der Waals surface area (Å²) in [5, 5.41) is 0. The maximum atomic E-state index is 13.1. The Morgan fingerprint density at radius 1 is 1.35 bits per heavy atom. The first-order chi connectivity index (χ1) is 7.97. The molecule has 4 heteroatoms. The van der Waals surface area contributed by atoms with Crippen LogP contribution >= 0.6 is 0 Å². The molecule has 1 aromatic rings. The highest BCUT2D eigenvalue weighted by molar-refractivity contribution is 5.41. The van der Waals surface area contributed by atoms with Crippen LogP contribution in [0.1, 0.15) is 19.4 Å². The maximum Gasteiger partial charge on any atom is 0.125 e. The van der Waals surface area contributed by atoms with Gasteiger partial charge in [0, 0.05) is 18.8 Å². The fraction of sp³-hybridized carbons (Fsp3) is 0.538. The molecule has 0 aliphatic rings. The number of nitrogen functional groups attached to an aromatic ring is 1. The fourth-order valence-corrected chi connectivity index (χ4v) is 1.60. The zero-order valence-corrected chi connectivity index (χ0v) is 10.7. The van der Waals surface area contributed by atoms with Crippen molar-refractivity contribution >= 4 is 5.69 Å². The summed E-state index contributed by atoms with van der Waals surface area (Å²) >= 11 is 0. The first-order valence-electron chi connectivity index (χ1n) is 5.82. The minimum absolute atomic E-state index is 0.244. The largest absolute Gasteiger partial charge is 0.399 e. The van der Waals surface area contributed by atoms with Crippen molar-refractivity contribution in [3.63, 3.8) is 0 Å². The van der Waals surface area contributed by atoms with Gasteiger partial charge in [0.15, 0.2) is 0 Å². The molecule has 0 radical (unpaired) electrons. The lowest BCUT2D eigenvalue weighted by molar-refractivity contribution is 0.0627. The number of halogens is 1. The molecule has 0 bridgehead atoms. The average Bonchev–Trinajstić information content (AvgIpc) is 2.14. The van der Waals surface area contributed by atoms with Crippen LogP contribution in [0.2, 0.25) is 0 Å². The van der Waals surface area contributed by atoms with E-state index >= 15 is 0 Å². The SMILES string of the molecule is CC(C)OCCN(C)Cc1cc(N)cc(F)c1. The van der Waals surface area contributed by atoms with Crippen molar-refractivity contribution in [2.24, 2.45) is 0 Å². The lowest BCUT2D eigenvalue weighted by Crippen LogP contribution is -2.24. The van der Waals surface area contributed by atoms with Crippen LogP contribution in [0, 0.1) is 5.82 Å². The van der Waals surface area contributed by atoms with E-state index in [1.807, 2.05) is 20.9 Å². The summed E-state index contributed by atoms with van der Waals surface area (Å²) in [6.07, 6.45) is 0.244. The topological polar surface area (TPSA) is 38.5 Å². The highest BCUT2D eigenvalue weighted by atomic mass is 19.1. The highest BCUT2D eigenvalue weighted by Gasteiger charge is 2.03. The number of nitrogens with zero attached hydrogens (tertiary/aromatic N) is 1. The predicted octanol–water partition coefficient (Wildman–Crippen LogP) is 2.26. The lowest BCUT2D eigenvalue weighted by atomic mass is 10.2. The second kappa shape index (κ2) is 6.57. The van der Waals surface area contributed by atoms with Crippen molar-refractivity contribution < 1.29 is 9.13 Å². The van der Waals surface area contributed by atoms with E-state index in [4.69, 9.17) is 10.5 Å². The van der Waals surface area contributed by atoms with Gasteiger partial charge >= 0.3 is 0 Å². The Bertz CT molecular complexity index is 335. The molecule has 3 nitrogen and oxygen atoms in total. The quantitative estimate of drug-likeness (QED) is 0.775. The normalized spacial score (nSPS) is 11.4. The van der Waals surface area contributed by atoms with Gasteiger partial charge in [0.25, 0.3) is 0 Å². The van der Waals surface area contributed by atoms with Gasteiger partial charge in [0.05, 0.1) is 12.7 Å². The Kier molecular flexibility index (Phi) is 5.38. The monoisotopic (exact) mass is 240 g/mol. The van der Waals surface area contributed by atoms with Crippen LogP contribution in [-0.4, -0.2) is 31.2 Å². The fourth-order valence-electron chi connectivity index (χ4n) is 1.60. The van der Waals surface area contributed by atoms with Gasteiger partial charge in [-0.3, -0.25) is 4.90 Å². The Labute approximate surface area is 102 Å². The van der Waals surface area contributed by atoms with Crippen LogP contribution < -0.4 is 5.73 Å². The Hall–Kier alpha value is -1.13. The number of likely N-dealkylation sites (N-methyl/N-ethyl adjacent to an activating group) is 1. The molecule has 0 aromatic heterocycles. The van der Waals surface area contributed by atoms with Crippen LogP contribution in [0.15, 0.2) is 18.2 Å². The number of benzene rings is 1. The van der Waals surface area contributed by atoms with Gasteiger partial charge in [0.1, 0.15) is 5.82 Å². The third-order valence-electron chi connectivity index (χ3n) is 2.36. The zero-order chi connectivity index (χ0) is 12.8. The van der Waals surface area contributed by atoms with Crippen LogP contribution in [0.5, 0.6) is 0 Å². The van der Waals surface area contributed by atoms with Crippen molar-refractivity contribution in [3.05, 3.63) is 29.6 Å². The summed E-state index contributed by atoms with van der Waals surface area (Å²) in [7, 11) is 1.98. The summed E-state index contributed by atoms with van der Waals surface area (Å²) in [4.78, 5) is 2.08.